The van der Waals surface area contributed by atoms with Crippen molar-refractivity contribution in [3.63, 3.8) is 0 Å². The summed E-state index contributed by atoms with van der Waals surface area (Å²) in [4.78, 5) is 17.6. The molecular formula is C24H27N3O3S2. The maximum absolute atomic E-state index is 12.7. The molecular weight excluding hydrogens is 442 g/mol. The van der Waals surface area contributed by atoms with E-state index in [1.165, 1.54) is 11.8 Å². The number of hydrogen-bond acceptors (Lipinski definition) is 5. The lowest BCUT2D eigenvalue weighted by Gasteiger charge is -2.10. The number of carbonyl (C=O) groups excluding carboxylic acids is 1. The number of aromatic nitrogens is 1. The molecule has 8 heteroatoms. The van der Waals surface area contributed by atoms with E-state index >= 15 is 0 Å². The van der Waals surface area contributed by atoms with Gasteiger partial charge >= 0.3 is 0 Å². The molecule has 0 aliphatic carbocycles. The van der Waals surface area contributed by atoms with Crippen molar-refractivity contribution in [1.29, 1.82) is 0 Å². The fourth-order valence-corrected chi connectivity index (χ4v) is 4.76. The summed E-state index contributed by atoms with van der Waals surface area (Å²) in [6.07, 6.45) is 3.54. The largest absolute Gasteiger partial charge is 0.352 e. The molecule has 0 unspecified atom stereocenters. The predicted molar refractivity (Wildman–Crippen MR) is 129 cm³/mol. The van der Waals surface area contributed by atoms with Crippen molar-refractivity contribution in [2.45, 2.75) is 48.4 Å². The maximum atomic E-state index is 12.7. The van der Waals surface area contributed by atoms with Crippen molar-refractivity contribution in [1.82, 2.24) is 10.3 Å². The first-order chi connectivity index (χ1) is 15.3. The minimum Gasteiger partial charge on any atom is -0.352 e. The Bertz CT molecular complexity index is 1180. The molecule has 1 amide bonds. The van der Waals surface area contributed by atoms with Crippen molar-refractivity contribution in [2.24, 2.45) is 0 Å². The lowest BCUT2D eigenvalue weighted by Crippen LogP contribution is -2.24. The molecule has 6 nitrogen and oxygen atoms in total. The highest BCUT2D eigenvalue weighted by Gasteiger charge is 2.15. The molecule has 1 heterocycles. The molecule has 0 saturated carbocycles. The Balaban J connectivity index is 1.62. The van der Waals surface area contributed by atoms with Crippen LogP contribution in [0.1, 0.15) is 41.3 Å². The van der Waals surface area contributed by atoms with Gasteiger partial charge in [0.05, 0.1) is 10.5 Å². The SMILES string of the molecule is CCCCNC(=O)c1ccc(Sc2ccc(NS(=O)(=O)c3ccc(C)c(C)c3)cc2)nc1. The molecule has 0 bridgehead atoms. The van der Waals surface area contributed by atoms with Crippen LogP contribution in [0.5, 0.6) is 0 Å². The zero-order chi connectivity index (χ0) is 23.1. The highest BCUT2D eigenvalue weighted by molar-refractivity contribution is 7.99. The average molecular weight is 470 g/mol. The van der Waals surface area contributed by atoms with Gasteiger partial charge in [-0.15, -0.1) is 0 Å². The van der Waals surface area contributed by atoms with Gasteiger partial charge in [0.25, 0.3) is 15.9 Å². The quantitative estimate of drug-likeness (QED) is 0.422. The Morgan fingerprint density at radius 3 is 2.38 bits per heavy atom. The van der Waals surface area contributed by atoms with Gasteiger partial charge < -0.3 is 5.32 Å². The van der Waals surface area contributed by atoms with E-state index in [0.717, 1.165) is 33.9 Å². The van der Waals surface area contributed by atoms with E-state index < -0.39 is 10.0 Å². The van der Waals surface area contributed by atoms with Crippen LogP contribution in [-0.4, -0.2) is 25.9 Å². The van der Waals surface area contributed by atoms with Crippen LogP contribution in [0.15, 0.2) is 75.6 Å². The molecule has 2 aromatic carbocycles. The standard InChI is InChI=1S/C24H27N3O3S2/c1-4-5-14-25-24(28)19-7-13-23(26-16-19)31-21-10-8-20(9-11-21)27-32(29,30)22-12-6-17(2)18(3)15-22/h6-13,15-16,27H,4-5,14H2,1-3H3,(H,25,28). The normalized spacial score (nSPS) is 11.2. The molecule has 2 N–H and O–H groups in total. The third kappa shape index (κ3) is 6.34. The number of unbranched alkanes of at least 4 members (excludes halogenated alkanes) is 1. The van der Waals surface area contributed by atoms with Crippen LogP contribution in [-0.2, 0) is 10.0 Å². The van der Waals surface area contributed by atoms with E-state index in [0.29, 0.717) is 17.8 Å². The monoisotopic (exact) mass is 469 g/mol. The van der Waals surface area contributed by atoms with Gasteiger partial charge in [-0.2, -0.15) is 0 Å². The van der Waals surface area contributed by atoms with Gasteiger partial charge in [-0.25, -0.2) is 13.4 Å². The molecule has 0 fully saturated rings. The summed E-state index contributed by atoms with van der Waals surface area (Å²) >= 11 is 1.44. The third-order valence-corrected chi connectivity index (χ3v) is 7.27. The zero-order valence-corrected chi connectivity index (χ0v) is 20.0. The van der Waals surface area contributed by atoms with Crippen LogP contribution in [0.3, 0.4) is 0 Å². The second-order valence-electron chi connectivity index (χ2n) is 7.47. The highest BCUT2D eigenvalue weighted by atomic mass is 32.2. The van der Waals surface area contributed by atoms with Gasteiger partial charge in [0.1, 0.15) is 5.03 Å². The third-order valence-electron chi connectivity index (χ3n) is 4.93. The van der Waals surface area contributed by atoms with Gasteiger partial charge in [0, 0.05) is 23.3 Å². The van der Waals surface area contributed by atoms with Crippen molar-refractivity contribution in [2.75, 3.05) is 11.3 Å². The number of benzene rings is 2. The predicted octanol–water partition coefficient (Wildman–Crippen LogP) is 5.18. The Morgan fingerprint density at radius 1 is 1.00 bits per heavy atom. The lowest BCUT2D eigenvalue weighted by atomic mass is 10.1. The van der Waals surface area contributed by atoms with Crippen LogP contribution < -0.4 is 10.0 Å². The minimum atomic E-state index is -3.65. The number of carbonyl (C=O) groups is 1. The van der Waals surface area contributed by atoms with Crippen molar-refractivity contribution in [3.8, 4) is 0 Å². The second-order valence-corrected chi connectivity index (χ2v) is 10.2. The van der Waals surface area contributed by atoms with Crippen molar-refractivity contribution < 1.29 is 13.2 Å². The molecule has 0 aliphatic heterocycles. The van der Waals surface area contributed by atoms with Gasteiger partial charge in [-0.3, -0.25) is 9.52 Å². The summed E-state index contributed by atoms with van der Waals surface area (Å²) in [5, 5.41) is 3.62. The molecule has 3 rings (SSSR count). The number of hydrogen-bond donors (Lipinski definition) is 2. The van der Waals surface area contributed by atoms with Gasteiger partial charge in [-0.1, -0.05) is 31.2 Å². The molecule has 3 aromatic rings. The van der Waals surface area contributed by atoms with Crippen LogP contribution in [0.4, 0.5) is 5.69 Å². The van der Waals surface area contributed by atoms with E-state index in [2.05, 4.69) is 21.9 Å². The van der Waals surface area contributed by atoms with Crippen molar-refractivity contribution in [3.05, 3.63) is 77.5 Å². The zero-order valence-electron chi connectivity index (χ0n) is 18.4. The molecule has 168 valence electrons. The highest BCUT2D eigenvalue weighted by Crippen LogP contribution is 2.28. The Morgan fingerprint density at radius 2 is 1.75 bits per heavy atom. The number of nitrogens with zero attached hydrogens (tertiary/aromatic N) is 1. The Hall–Kier alpha value is -2.84. The first-order valence-corrected chi connectivity index (χ1v) is 12.7. The second kappa shape index (κ2) is 10.7. The summed E-state index contributed by atoms with van der Waals surface area (Å²) in [5.41, 5.74) is 2.99. The number of pyridine rings is 1. The topological polar surface area (TPSA) is 88.2 Å². The van der Waals surface area contributed by atoms with E-state index in [1.807, 2.05) is 26.0 Å². The number of sulfonamides is 1. The molecule has 0 radical (unpaired) electrons. The number of aryl methyl sites for hydroxylation is 2. The fraction of sp³-hybridized carbons (Fsp3) is 0.250. The Kier molecular flexibility index (Phi) is 7.93. The van der Waals surface area contributed by atoms with Crippen LogP contribution in [0.25, 0.3) is 0 Å². The fourth-order valence-electron chi connectivity index (χ4n) is 2.86. The first-order valence-electron chi connectivity index (χ1n) is 10.4. The van der Waals surface area contributed by atoms with E-state index in [9.17, 15) is 13.2 Å². The molecule has 32 heavy (non-hydrogen) atoms. The van der Waals surface area contributed by atoms with E-state index in [-0.39, 0.29) is 10.8 Å². The molecule has 0 aliphatic rings. The number of anilines is 1. The van der Waals surface area contributed by atoms with Crippen LogP contribution >= 0.6 is 11.8 Å². The summed E-state index contributed by atoms with van der Waals surface area (Å²) in [6, 6.07) is 15.7. The maximum Gasteiger partial charge on any atom is 0.261 e. The Labute approximate surface area is 193 Å². The molecule has 0 spiro atoms. The number of amides is 1. The summed E-state index contributed by atoms with van der Waals surface area (Å²) < 4.78 is 27.9. The first kappa shape index (κ1) is 23.8. The number of nitrogens with one attached hydrogen (secondary N) is 2. The molecule has 1 aromatic heterocycles. The van der Waals surface area contributed by atoms with E-state index in [4.69, 9.17) is 0 Å². The lowest BCUT2D eigenvalue weighted by molar-refractivity contribution is 0.0952. The summed E-state index contributed by atoms with van der Waals surface area (Å²) in [6.45, 7) is 6.57. The summed E-state index contributed by atoms with van der Waals surface area (Å²) in [5.74, 6) is -0.122. The molecule has 0 atom stereocenters. The van der Waals surface area contributed by atoms with E-state index in [1.54, 1.807) is 48.7 Å². The van der Waals surface area contributed by atoms with Gasteiger partial charge in [0.2, 0.25) is 0 Å². The van der Waals surface area contributed by atoms with Crippen molar-refractivity contribution >= 4 is 33.4 Å². The number of rotatable bonds is 9. The van der Waals surface area contributed by atoms with Gasteiger partial charge in [0.15, 0.2) is 0 Å². The smallest absolute Gasteiger partial charge is 0.261 e. The van der Waals surface area contributed by atoms with Gasteiger partial charge in [-0.05, 0) is 79.9 Å². The van der Waals surface area contributed by atoms with Crippen LogP contribution in [0.2, 0.25) is 0 Å². The minimum absolute atomic E-state index is 0.122. The average Bonchev–Trinajstić information content (AvgIpc) is 2.77. The summed E-state index contributed by atoms with van der Waals surface area (Å²) in [7, 11) is -3.65. The van der Waals surface area contributed by atoms with Crippen LogP contribution in [0, 0.1) is 13.8 Å². The molecule has 0 saturated heterocycles.